The van der Waals surface area contributed by atoms with Crippen LogP contribution in [0, 0.1) is 18.8 Å². The van der Waals surface area contributed by atoms with Crippen LogP contribution in [-0.2, 0) is 4.79 Å². The predicted molar refractivity (Wildman–Crippen MR) is 104 cm³/mol. The van der Waals surface area contributed by atoms with Crippen LogP contribution in [0.15, 0.2) is 33.9 Å². The number of hydrogen-bond donors (Lipinski definition) is 1. The molecule has 0 aliphatic heterocycles. The molecule has 1 aliphatic carbocycles. The SMILES string of the molecule is Cc1ccccc1-c1nnc(S[C@@H](C)C(=O)N[C@H]2CCC[C@H](C)[C@@H]2C)o1. The van der Waals surface area contributed by atoms with Gasteiger partial charge in [0.05, 0.1) is 5.25 Å². The molecule has 2 aromatic rings. The van der Waals surface area contributed by atoms with E-state index in [1.807, 2.05) is 38.1 Å². The quantitative estimate of drug-likeness (QED) is 0.783. The van der Waals surface area contributed by atoms with Crippen molar-refractivity contribution in [3.05, 3.63) is 29.8 Å². The molecule has 1 aliphatic rings. The predicted octanol–water partition coefficient (Wildman–Crippen LogP) is 4.47. The van der Waals surface area contributed by atoms with Crippen LogP contribution in [0.25, 0.3) is 11.5 Å². The first-order valence-electron chi connectivity index (χ1n) is 9.32. The first-order chi connectivity index (χ1) is 12.5. The Morgan fingerprint density at radius 2 is 2.04 bits per heavy atom. The van der Waals surface area contributed by atoms with Crippen LogP contribution < -0.4 is 5.32 Å². The Bertz CT molecular complexity index is 761. The number of hydrogen-bond acceptors (Lipinski definition) is 5. The Morgan fingerprint density at radius 3 is 2.81 bits per heavy atom. The minimum Gasteiger partial charge on any atom is -0.411 e. The summed E-state index contributed by atoms with van der Waals surface area (Å²) in [5.74, 6) is 1.70. The molecule has 1 saturated carbocycles. The van der Waals surface area contributed by atoms with Crippen molar-refractivity contribution in [1.29, 1.82) is 0 Å². The van der Waals surface area contributed by atoms with Crippen molar-refractivity contribution in [1.82, 2.24) is 15.5 Å². The third-order valence-corrected chi connectivity index (χ3v) is 6.40. The Labute approximate surface area is 159 Å². The number of aryl methyl sites for hydroxylation is 1. The highest BCUT2D eigenvalue weighted by Gasteiger charge is 2.30. The smallest absolute Gasteiger partial charge is 0.277 e. The van der Waals surface area contributed by atoms with Gasteiger partial charge < -0.3 is 9.73 Å². The van der Waals surface area contributed by atoms with Gasteiger partial charge in [-0.25, -0.2) is 0 Å². The molecule has 0 unspecified atom stereocenters. The highest BCUT2D eigenvalue weighted by Crippen LogP contribution is 2.31. The molecule has 1 aromatic carbocycles. The molecule has 3 rings (SSSR count). The monoisotopic (exact) mass is 373 g/mol. The second-order valence-corrected chi connectivity index (χ2v) is 8.62. The van der Waals surface area contributed by atoms with Gasteiger partial charge in [0.15, 0.2) is 0 Å². The number of carbonyl (C=O) groups excluding carboxylic acids is 1. The molecule has 1 N–H and O–H groups in total. The molecule has 0 radical (unpaired) electrons. The van der Waals surface area contributed by atoms with E-state index in [4.69, 9.17) is 4.42 Å². The molecule has 140 valence electrons. The molecule has 1 fully saturated rings. The molecule has 0 spiro atoms. The van der Waals surface area contributed by atoms with E-state index in [0.717, 1.165) is 17.5 Å². The van der Waals surface area contributed by atoms with Crippen LogP contribution >= 0.6 is 11.8 Å². The molecule has 4 atom stereocenters. The normalized spacial score (nSPS) is 24.2. The van der Waals surface area contributed by atoms with Crippen LogP contribution in [0.2, 0.25) is 0 Å². The maximum atomic E-state index is 12.6. The maximum Gasteiger partial charge on any atom is 0.277 e. The zero-order chi connectivity index (χ0) is 18.7. The van der Waals surface area contributed by atoms with Gasteiger partial charge >= 0.3 is 0 Å². The van der Waals surface area contributed by atoms with E-state index in [2.05, 4.69) is 29.4 Å². The lowest BCUT2D eigenvalue weighted by atomic mass is 9.78. The number of carbonyl (C=O) groups is 1. The van der Waals surface area contributed by atoms with Crippen molar-refractivity contribution in [2.45, 2.75) is 63.5 Å². The van der Waals surface area contributed by atoms with Crippen molar-refractivity contribution in [2.24, 2.45) is 11.8 Å². The van der Waals surface area contributed by atoms with Gasteiger partial charge in [0.25, 0.3) is 5.22 Å². The number of amides is 1. The Kier molecular flexibility index (Phi) is 6.01. The summed E-state index contributed by atoms with van der Waals surface area (Å²) in [6.45, 7) is 8.40. The van der Waals surface area contributed by atoms with E-state index in [9.17, 15) is 4.79 Å². The Hall–Kier alpha value is -1.82. The van der Waals surface area contributed by atoms with Crippen molar-refractivity contribution in [3.8, 4) is 11.5 Å². The number of nitrogens with zero attached hydrogens (tertiary/aromatic N) is 2. The molecular formula is C20H27N3O2S. The van der Waals surface area contributed by atoms with Gasteiger partial charge in [0.1, 0.15) is 0 Å². The second kappa shape index (κ2) is 8.25. The molecule has 1 amide bonds. The van der Waals surface area contributed by atoms with Gasteiger partial charge in [0, 0.05) is 11.6 Å². The van der Waals surface area contributed by atoms with Gasteiger partial charge in [-0.3, -0.25) is 4.79 Å². The van der Waals surface area contributed by atoms with Crippen molar-refractivity contribution >= 4 is 17.7 Å². The summed E-state index contributed by atoms with van der Waals surface area (Å²) in [6, 6.07) is 8.15. The van der Waals surface area contributed by atoms with Crippen molar-refractivity contribution in [3.63, 3.8) is 0 Å². The van der Waals surface area contributed by atoms with Gasteiger partial charge in [-0.2, -0.15) is 0 Å². The fourth-order valence-corrected chi connectivity index (χ4v) is 4.16. The molecule has 26 heavy (non-hydrogen) atoms. The van der Waals surface area contributed by atoms with Gasteiger partial charge in [-0.05, 0) is 43.7 Å². The summed E-state index contributed by atoms with van der Waals surface area (Å²) in [5.41, 5.74) is 2.01. The van der Waals surface area contributed by atoms with Crippen LogP contribution in [0.4, 0.5) is 0 Å². The summed E-state index contributed by atoms with van der Waals surface area (Å²) in [4.78, 5) is 12.6. The number of thioether (sulfide) groups is 1. The summed E-state index contributed by atoms with van der Waals surface area (Å²) < 4.78 is 5.76. The molecule has 0 saturated heterocycles. The van der Waals surface area contributed by atoms with Crippen LogP contribution in [0.5, 0.6) is 0 Å². The maximum absolute atomic E-state index is 12.6. The fraction of sp³-hybridized carbons (Fsp3) is 0.550. The van der Waals surface area contributed by atoms with E-state index in [-0.39, 0.29) is 17.2 Å². The molecular weight excluding hydrogens is 346 g/mol. The minimum atomic E-state index is -0.274. The Balaban J connectivity index is 1.60. The lowest BCUT2D eigenvalue weighted by Crippen LogP contribution is -2.46. The second-order valence-electron chi connectivity index (χ2n) is 7.33. The third kappa shape index (κ3) is 4.29. The topological polar surface area (TPSA) is 68.0 Å². The number of aromatic nitrogens is 2. The number of rotatable bonds is 5. The van der Waals surface area contributed by atoms with E-state index >= 15 is 0 Å². The van der Waals surface area contributed by atoms with E-state index < -0.39 is 0 Å². The summed E-state index contributed by atoms with van der Waals surface area (Å²) >= 11 is 1.31. The highest BCUT2D eigenvalue weighted by molar-refractivity contribution is 8.00. The first-order valence-corrected chi connectivity index (χ1v) is 10.2. The van der Waals surface area contributed by atoms with Gasteiger partial charge in [-0.15, -0.1) is 10.2 Å². The Morgan fingerprint density at radius 1 is 1.27 bits per heavy atom. The fourth-order valence-electron chi connectivity index (χ4n) is 3.47. The third-order valence-electron chi connectivity index (χ3n) is 5.46. The van der Waals surface area contributed by atoms with Crippen LogP contribution in [-0.4, -0.2) is 27.4 Å². The van der Waals surface area contributed by atoms with E-state index in [0.29, 0.717) is 22.9 Å². The van der Waals surface area contributed by atoms with E-state index in [1.165, 1.54) is 24.6 Å². The van der Waals surface area contributed by atoms with Crippen LogP contribution in [0.1, 0.15) is 45.6 Å². The molecule has 1 heterocycles. The highest BCUT2D eigenvalue weighted by atomic mass is 32.2. The average Bonchev–Trinajstić information content (AvgIpc) is 3.07. The summed E-state index contributed by atoms with van der Waals surface area (Å²) in [6.07, 6.45) is 3.50. The number of benzene rings is 1. The van der Waals surface area contributed by atoms with E-state index in [1.54, 1.807) is 0 Å². The van der Waals surface area contributed by atoms with Gasteiger partial charge in [-0.1, -0.05) is 56.7 Å². The zero-order valence-corrected chi connectivity index (χ0v) is 16.7. The first kappa shape index (κ1) is 19.0. The standard InChI is InChI=1S/C20H27N3O2S/c1-12-9-7-11-17(14(12)3)21-18(24)15(4)26-20-23-22-19(25-20)16-10-6-5-8-13(16)2/h5-6,8,10,12,14-15,17H,7,9,11H2,1-4H3,(H,21,24)/t12-,14-,15-,17-/m0/s1. The van der Waals surface area contributed by atoms with Crippen LogP contribution in [0.3, 0.4) is 0 Å². The average molecular weight is 374 g/mol. The molecule has 6 heteroatoms. The minimum absolute atomic E-state index is 0.0385. The lowest BCUT2D eigenvalue weighted by Gasteiger charge is -2.35. The summed E-state index contributed by atoms with van der Waals surface area (Å²) in [5, 5.41) is 11.6. The largest absolute Gasteiger partial charge is 0.411 e. The van der Waals surface area contributed by atoms with Crippen molar-refractivity contribution in [2.75, 3.05) is 0 Å². The zero-order valence-electron chi connectivity index (χ0n) is 15.9. The number of nitrogens with one attached hydrogen (secondary N) is 1. The molecule has 5 nitrogen and oxygen atoms in total. The lowest BCUT2D eigenvalue weighted by molar-refractivity contribution is -0.121. The molecule has 1 aromatic heterocycles. The van der Waals surface area contributed by atoms with Crippen molar-refractivity contribution < 1.29 is 9.21 Å². The van der Waals surface area contributed by atoms with Gasteiger partial charge in [0.2, 0.25) is 11.8 Å². The summed E-state index contributed by atoms with van der Waals surface area (Å²) in [7, 11) is 0. The molecule has 0 bridgehead atoms.